The second-order valence-electron chi connectivity index (χ2n) is 4.45. The molecule has 1 unspecified atom stereocenters. The molecular weight excluding hydrogens is 350 g/mol. The van der Waals surface area contributed by atoms with Crippen LogP contribution in [0.5, 0.6) is 0 Å². The number of carbonyl (C=O) groups is 1. The summed E-state index contributed by atoms with van der Waals surface area (Å²) in [6, 6.07) is 2.49. The molecule has 0 aliphatic heterocycles. The van der Waals surface area contributed by atoms with Crippen molar-refractivity contribution < 1.29 is 23.4 Å². The van der Waals surface area contributed by atoms with Crippen LogP contribution in [0.1, 0.15) is 29.3 Å². The van der Waals surface area contributed by atoms with Crippen LogP contribution in [0.3, 0.4) is 0 Å². The van der Waals surface area contributed by atoms with Crippen molar-refractivity contribution in [3.8, 4) is 0 Å². The molecule has 0 saturated carbocycles. The summed E-state index contributed by atoms with van der Waals surface area (Å²) in [5, 5.41) is 18.1. The number of halogens is 1. The van der Waals surface area contributed by atoms with Crippen molar-refractivity contribution in [1.29, 1.82) is 0 Å². The molecule has 0 radical (unpaired) electrons. The van der Waals surface area contributed by atoms with E-state index in [0.29, 0.717) is 10.0 Å². The van der Waals surface area contributed by atoms with E-state index in [9.17, 15) is 13.2 Å². The van der Waals surface area contributed by atoms with E-state index in [-0.39, 0.29) is 23.4 Å². The lowest BCUT2D eigenvalue weighted by atomic mass is 10.1. The Morgan fingerprint density at radius 2 is 2.05 bits per heavy atom. The second-order valence-corrected chi connectivity index (χ2v) is 6.97. The van der Waals surface area contributed by atoms with Crippen LogP contribution >= 0.6 is 15.9 Å². The number of aryl methyl sites for hydroxylation is 1. The number of nitrogens with one attached hydrogen (secondary N) is 1. The fraction of sp³-hybridized carbons (Fsp3) is 0.417. The molecule has 0 saturated heterocycles. The summed E-state index contributed by atoms with van der Waals surface area (Å²) < 4.78 is 26.9. The van der Waals surface area contributed by atoms with Gasteiger partial charge in [-0.1, -0.05) is 0 Å². The van der Waals surface area contributed by atoms with Crippen LogP contribution in [0.25, 0.3) is 0 Å². The SMILES string of the molecule is Cc1cc(C(=O)O)cc(S(=O)(=O)NCCC(C)O)c1Br. The van der Waals surface area contributed by atoms with Crippen LogP contribution < -0.4 is 4.72 Å². The van der Waals surface area contributed by atoms with E-state index >= 15 is 0 Å². The number of aliphatic hydroxyl groups is 1. The first-order chi connectivity index (χ1) is 9.15. The van der Waals surface area contributed by atoms with Gasteiger partial charge in [0.15, 0.2) is 0 Å². The van der Waals surface area contributed by atoms with Gasteiger partial charge in [-0.25, -0.2) is 17.9 Å². The van der Waals surface area contributed by atoms with Crippen LogP contribution in [-0.4, -0.2) is 37.2 Å². The molecule has 112 valence electrons. The van der Waals surface area contributed by atoms with Crippen molar-refractivity contribution in [2.24, 2.45) is 0 Å². The molecule has 0 aliphatic rings. The van der Waals surface area contributed by atoms with Crippen LogP contribution in [0.15, 0.2) is 21.5 Å². The highest BCUT2D eigenvalue weighted by atomic mass is 79.9. The van der Waals surface area contributed by atoms with Gasteiger partial charge in [0, 0.05) is 11.0 Å². The number of benzene rings is 1. The van der Waals surface area contributed by atoms with Gasteiger partial charge in [-0.05, 0) is 53.9 Å². The van der Waals surface area contributed by atoms with Crippen LogP contribution in [-0.2, 0) is 10.0 Å². The number of hydrogen-bond acceptors (Lipinski definition) is 4. The number of aliphatic hydroxyl groups excluding tert-OH is 1. The third-order valence-corrected chi connectivity index (χ3v) is 5.41. The summed E-state index contributed by atoms with van der Waals surface area (Å²) in [4.78, 5) is 10.9. The first kappa shape index (κ1) is 17.1. The number of carboxylic acids is 1. The van der Waals surface area contributed by atoms with Gasteiger partial charge in [-0.2, -0.15) is 0 Å². The monoisotopic (exact) mass is 365 g/mol. The van der Waals surface area contributed by atoms with Gasteiger partial charge in [0.2, 0.25) is 10.0 Å². The van der Waals surface area contributed by atoms with Gasteiger partial charge >= 0.3 is 5.97 Å². The molecule has 1 atom stereocenters. The van der Waals surface area contributed by atoms with Crippen molar-refractivity contribution in [2.45, 2.75) is 31.3 Å². The summed E-state index contributed by atoms with van der Waals surface area (Å²) >= 11 is 3.16. The van der Waals surface area contributed by atoms with Crippen LogP contribution in [0.4, 0.5) is 0 Å². The Morgan fingerprint density at radius 1 is 1.45 bits per heavy atom. The molecule has 8 heteroatoms. The van der Waals surface area contributed by atoms with Crippen molar-refractivity contribution in [2.75, 3.05) is 6.54 Å². The molecule has 6 nitrogen and oxygen atoms in total. The Labute approximate surface area is 126 Å². The quantitative estimate of drug-likeness (QED) is 0.708. The first-order valence-corrected chi connectivity index (χ1v) is 8.14. The van der Waals surface area contributed by atoms with E-state index in [1.54, 1.807) is 13.8 Å². The molecule has 1 aromatic rings. The Bertz CT molecular complexity index is 613. The topological polar surface area (TPSA) is 104 Å². The summed E-state index contributed by atoms with van der Waals surface area (Å²) in [5.74, 6) is -1.19. The van der Waals surface area contributed by atoms with Crippen molar-refractivity contribution >= 4 is 31.9 Å². The fourth-order valence-electron chi connectivity index (χ4n) is 1.54. The van der Waals surface area contributed by atoms with Crippen molar-refractivity contribution in [3.05, 3.63) is 27.7 Å². The van der Waals surface area contributed by atoms with E-state index in [1.165, 1.54) is 6.07 Å². The van der Waals surface area contributed by atoms with E-state index in [1.807, 2.05) is 0 Å². The standard InChI is InChI=1S/C12H16BrNO5S/c1-7-5-9(12(16)17)6-10(11(7)13)20(18,19)14-4-3-8(2)15/h5-6,8,14-15H,3-4H2,1-2H3,(H,16,17). The minimum atomic E-state index is -3.84. The van der Waals surface area contributed by atoms with Gasteiger partial charge in [0.1, 0.15) is 0 Å². The molecule has 3 N–H and O–H groups in total. The molecule has 0 heterocycles. The molecule has 1 aromatic carbocycles. The van der Waals surface area contributed by atoms with E-state index < -0.39 is 22.1 Å². The molecule has 0 bridgehead atoms. The van der Waals surface area contributed by atoms with Gasteiger partial charge < -0.3 is 10.2 Å². The zero-order valence-corrected chi connectivity index (χ0v) is 13.5. The number of carboxylic acid groups (broad SMARTS) is 1. The summed E-state index contributed by atoms with van der Waals surface area (Å²) in [6.45, 7) is 3.24. The highest BCUT2D eigenvalue weighted by Crippen LogP contribution is 2.27. The van der Waals surface area contributed by atoms with E-state index in [4.69, 9.17) is 10.2 Å². The Balaban J connectivity index is 3.14. The molecule has 0 aliphatic carbocycles. The number of sulfonamides is 1. The van der Waals surface area contributed by atoms with Crippen LogP contribution in [0, 0.1) is 6.92 Å². The van der Waals surface area contributed by atoms with Gasteiger partial charge in [-0.3, -0.25) is 0 Å². The molecule has 0 aromatic heterocycles. The van der Waals surface area contributed by atoms with Gasteiger partial charge in [-0.15, -0.1) is 0 Å². The maximum atomic E-state index is 12.1. The summed E-state index contributed by atoms with van der Waals surface area (Å²) in [7, 11) is -3.84. The maximum Gasteiger partial charge on any atom is 0.335 e. The molecule has 20 heavy (non-hydrogen) atoms. The zero-order valence-electron chi connectivity index (χ0n) is 11.1. The van der Waals surface area contributed by atoms with E-state index in [0.717, 1.165) is 6.07 Å². The molecule has 0 spiro atoms. The third-order valence-electron chi connectivity index (χ3n) is 2.61. The second kappa shape index (κ2) is 6.66. The smallest absolute Gasteiger partial charge is 0.335 e. The average molecular weight is 366 g/mol. The maximum absolute atomic E-state index is 12.1. The number of rotatable bonds is 6. The van der Waals surface area contributed by atoms with Crippen molar-refractivity contribution in [1.82, 2.24) is 4.72 Å². The highest BCUT2D eigenvalue weighted by Gasteiger charge is 2.21. The fourth-order valence-corrected chi connectivity index (χ4v) is 3.63. The highest BCUT2D eigenvalue weighted by molar-refractivity contribution is 9.10. The molecule has 0 fully saturated rings. The number of hydrogen-bond donors (Lipinski definition) is 3. The molecule has 0 amide bonds. The summed E-state index contributed by atoms with van der Waals surface area (Å²) in [5.41, 5.74) is 0.419. The molecule has 1 rings (SSSR count). The lowest BCUT2D eigenvalue weighted by molar-refractivity contribution is 0.0696. The minimum Gasteiger partial charge on any atom is -0.478 e. The first-order valence-electron chi connectivity index (χ1n) is 5.86. The number of aromatic carboxylic acids is 1. The lowest BCUT2D eigenvalue weighted by Gasteiger charge is -2.12. The zero-order chi connectivity index (χ0) is 15.5. The Hall–Kier alpha value is -0.960. The molecular formula is C12H16BrNO5S. The normalized spacial score (nSPS) is 13.2. The van der Waals surface area contributed by atoms with Gasteiger partial charge in [0.25, 0.3) is 0 Å². The predicted molar refractivity (Wildman–Crippen MR) is 77.3 cm³/mol. The summed E-state index contributed by atoms with van der Waals surface area (Å²) in [6.07, 6.45) is -0.345. The average Bonchev–Trinajstić information content (AvgIpc) is 2.31. The van der Waals surface area contributed by atoms with E-state index in [2.05, 4.69) is 20.7 Å². The van der Waals surface area contributed by atoms with Crippen LogP contribution in [0.2, 0.25) is 0 Å². The third kappa shape index (κ3) is 4.27. The van der Waals surface area contributed by atoms with Crippen molar-refractivity contribution in [3.63, 3.8) is 0 Å². The predicted octanol–water partition coefficient (Wildman–Crippen LogP) is 1.50. The largest absolute Gasteiger partial charge is 0.478 e. The Morgan fingerprint density at radius 3 is 2.55 bits per heavy atom. The minimum absolute atomic E-state index is 0.0722. The van der Waals surface area contributed by atoms with Gasteiger partial charge in [0.05, 0.1) is 16.6 Å². The Kier molecular flexibility index (Phi) is 5.69. The lowest BCUT2D eigenvalue weighted by Crippen LogP contribution is -2.27.